The van der Waals surface area contributed by atoms with Crippen LogP contribution in [0.1, 0.15) is 24.3 Å². The van der Waals surface area contributed by atoms with Gasteiger partial charge in [0.2, 0.25) is 0 Å². The van der Waals surface area contributed by atoms with Crippen LogP contribution in [0.15, 0.2) is 30.0 Å². The van der Waals surface area contributed by atoms with Gasteiger partial charge < -0.3 is 14.6 Å². The third-order valence-electron chi connectivity index (χ3n) is 3.47. The van der Waals surface area contributed by atoms with Gasteiger partial charge in [0, 0.05) is 24.8 Å². The number of carbonyl (C=O) groups is 2. The van der Waals surface area contributed by atoms with E-state index >= 15 is 0 Å². The van der Waals surface area contributed by atoms with Crippen LogP contribution in [0.2, 0.25) is 0 Å². The predicted molar refractivity (Wildman–Crippen MR) is 72.2 cm³/mol. The second-order valence-electron chi connectivity index (χ2n) is 4.60. The van der Waals surface area contributed by atoms with Gasteiger partial charge in [0.15, 0.2) is 11.6 Å². The smallest absolute Gasteiger partial charge is 0.170 e. The number of carbonyl (C=O) groups excluding carboxylic acids is 2. The Bertz CT molecular complexity index is 554. The largest absolute Gasteiger partial charge is 0.515 e. The first-order chi connectivity index (χ1) is 9.60. The van der Waals surface area contributed by atoms with Crippen molar-refractivity contribution in [2.45, 2.75) is 18.8 Å². The first-order valence-electron chi connectivity index (χ1n) is 6.23. The highest BCUT2D eigenvalue weighted by Gasteiger charge is 2.32. The summed E-state index contributed by atoms with van der Waals surface area (Å²) in [5.74, 6) is 0.319. The van der Waals surface area contributed by atoms with Crippen LogP contribution in [0, 0.1) is 0 Å². The lowest BCUT2D eigenvalue weighted by atomic mass is 9.80. The van der Waals surface area contributed by atoms with Crippen molar-refractivity contribution in [1.82, 2.24) is 0 Å². The SMILES string of the molecule is COc1ccc(C2CC(=O)C(=CO)C(=O)C2)c(OC)c1. The predicted octanol–water partition coefficient (Wildman–Crippen LogP) is 2.16. The van der Waals surface area contributed by atoms with Crippen molar-refractivity contribution >= 4 is 11.6 Å². The lowest BCUT2D eigenvalue weighted by Crippen LogP contribution is -2.25. The molecule has 1 aromatic rings. The minimum atomic E-state index is -0.341. The van der Waals surface area contributed by atoms with Gasteiger partial charge in [-0.3, -0.25) is 9.59 Å². The third-order valence-corrected chi connectivity index (χ3v) is 3.47. The summed E-state index contributed by atoms with van der Waals surface area (Å²) in [5, 5.41) is 8.91. The number of hydrogen-bond donors (Lipinski definition) is 1. The highest BCUT2D eigenvalue weighted by molar-refractivity contribution is 6.22. The van der Waals surface area contributed by atoms with E-state index in [0.717, 1.165) is 5.56 Å². The van der Waals surface area contributed by atoms with Crippen LogP contribution in [0.25, 0.3) is 0 Å². The molecule has 0 amide bonds. The number of ether oxygens (including phenoxy) is 2. The van der Waals surface area contributed by atoms with Crippen LogP contribution in [0.3, 0.4) is 0 Å². The molecular formula is C15H16O5. The maximum atomic E-state index is 11.8. The van der Waals surface area contributed by atoms with E-state index in [1.54, 1.807) is 25.3 Å². The van der Waals surface area contributed by atoms with E-state index in [1.807, 2.05) is 0 Å². The highest BCUT2D eigenvalue weighted by Crippen LogP contribution is 2.38. The number of allylic oxidation sites excluding steroid dienone is 1. The summed E-state index contributed by atoms with van der Waals surface area (Å²) in [6, 6.07) is 5.29. The van der Waals surface area contributed by atoms with Crippen LogP contribution >= 0.6 is 0 Å². The quantitative estimate of drug-likeness (QED) is 0.520. The first kappa shape index (κ1) is 14.1. The number of aliphatic hydroxyl groups is 1. The Morgan fingerprint density at radius 3 is 2.30 bits per heavy atom. The van der Waals surface area contributed by atoms with E-state index in [4.69, 9.17) is 14.6 Å². The molecule has 1 aromatic carbocycles. The molecule has 1 aliphatic rings. The Balaban J connectivity index is 2.33. The fourth-order valence-electron chi connectivity index (χ4n) is 2.41. The number of benzene rings is 1. The lowest BCUT2D eigenvalue weighted by molar-refractivity contribution is -0.124. The van der Waals surface area contributed by atoms with E-state index in [9.17, 15) is 9.59 Å². The average Bonchev–Trinajstić information content (AvgIpc) is 2.46. The van der Waals surface area contributed by atoms with Crippen LogP contribution < -0.4 is 9.47 Å². The molecule has 0 unspecified atom stereocenters. The molecule has 0 aliphatic heterocycles. The van der Waals surface area contributed by atoms with Gasteiger partial charge in [-0.15, -0.1) is 0 Å². The van der Waals surface area contributed by atoms with Crippen molar-refractivity contribution in [3.05, 3.63) is 35.6 Å². The van der Waals surface area contributed by atoms with Crippen LogP contribution in [-0.2, 0) is 9.59 Å². The number of rotatable bonds is 3. The first-order valence-corrected chi connectivity index (χ1v) is 6.23. The molecule has 1 aliphatic carbocycles. The van der Waals surface area contributed by atoms with Gasteiger partial charge in [-0.05, 0) is 11.6 Å². The van der Waals surface area contributed by atoms with Crippen LogP contribution in [-0.4, -0.2) is 30.9 Å². The summed E-state index contributed by atoms with van der Waals surface area (Å²) in [6.45, 7) is 0. The molecule has 0 spiro atoms. The Kier molecular flexibility index (Phi) is 4.08. The zero-order valence-corrected chi connectivity index (χ0v) is 11.4. The van der Waals surface area contributed by atoms with Gasteiger partial charge in [0.1, 0.15) is 11.5 Å². The summed E-state index contributed by atoms with van der Waals surface area (Å²) < 4.78 is 10.4. The molecule has 2 rings (SSSR count). The van der Waals surface area contributed by atoms with Crippen molar-refractivity contribution in [2.75, 3.05) is 14.2 Å². The summed E-state index contributed by atoms with van der Waals surface area (Å²) >= 11 is 0. The molecule has 0 radical (unpaired) electrons. The van der Waals surface area contributed by atoms with E-state index < -0.39 is 0 Å². The summed E-state index contributed by atoms with van der Waals surface area (Å²) in [7, 11) is 3.09. The average molecular weight is 276 g/mol. The van der Waals surface area contributed by atoms with Gasteiger partial charge in [-0.25, -0.2) is 0 Å². The fourth-order valence-corrected chi connectivity index (χ4v) is 2.41. The van der Waals surface area contributed by atoms with E-state index in [-0.39, 0.29) is 35.9 Å². The number of aliphatic hydroxyl groups excluding tert-OH is 1. The van der Waals surface area contributed by atoms with Crippen molar-refractivity contribution in [2.24, 2.45) is 0 Å². The molecule has 0 saturated heterocycles. The second kappa shape index (κ2) is 5.77. The zero-order valence-electron chi connectivity index (χ0n) is 11.4. The Morgan fingerprint density at radius 1 is 1.15 bits per heavy atom. The van der Waals surface area contributed by atoms with Gasteiger partial charge in [-0.2, -0.15) is 0 Å². The maximum Gasteiger partial charge on any atom is 0.170 e. The molecular weight excluding hydrogens is 260 g/mol. The molecule has 20 heavy (non-hydrogen) atoms. The van der Waals surface area contributed by atoms with Gasteiger partial charge in [-0.1, -0.05) is 6.07 Å². The van der Waals surface area contributed by atoms with Crippen LogP contribution in [0.5, 0.6) is 11.5 Å². The Morgan fingerprint density at radius 2 is 1.80 bits per heavy atom. The zero-order chi connectivity index (χ0) is 14.7. The van der Waals surface area contributed by atoms with Gasteiger partial charge in [0.25, 0.3) is 0 Å². The van der Waals surface area contributed by atoms with Crippen molar-refractivity contribution in [3.63, 3.8) is 0 Å². The summed E-state index contributed by atoms with van der Waals surface area (Å²) in [4.78, 5) is 23.7. The Hall–Kier alpha value is -2.30. The van der Waals surface area contributed by atoms with Gasteiger partial charge >= 0.3 is 0 Å². The topological polar surface area (TPSA) is 72.8 Å². The van der Waals surface area contributed by atoms with Crippen molar-refractivity contribution in [3.8, 4) is 11.5 Å². The minimum Gasteiger partial charge on any atom is -0.515 e. The molecule has 1 saturated carbocycles. The summed E-state index contributed by atoms with van der Waals surface area (Å²) in [5.41, 5.74) is 0.681. The molecule has 5 nitrogen and oxygen atoms in total. The molecule has 1 fully saturated rings. The molecule has 0 atom stereocenters. The monoisotopic (exact) mass is 276 g/mol. The van der Waals surface area contributed by atoms with E-state index in [1.165, 1.54) is 7.11 Å². The minimum absolute atomic E-state index is 0.117. The maximum absolute atomic E-state index is 11.8. The highest BCUT2D eigenvalue weighted by atomic mass is 16.5. The van der Waals surface area contributed by atoms with E-state index in [0.29, 0.717) is 17.8 Å². The fraction of sp³-hybridized carbons (Fsp3) is 0.333. The number of hydrogen-bond acceptors (Lipinski definition) is 5. The number of methoxy groups -OCH3 is 2. The van der Waals surface area contributed by atoms with Gasteiger partial charge in [0.05, 0.1) is 26.1 Å². The normalized spacial score (nSPS) is 18.9. The van der Waals surface area contributed by atoms with Crippen molar-refractivity contribution < 1.29 is 24.2 Å². The lowest BCUT2D eigenvalue weighted by Gasteiger charge is -2.23. The second-order valence-corrected chi connectivity index (χ2v) is 4.60. The summed E-state index contributed by atoms with van der Waals surface area (Å²) in [6.07, 6.45) is 0.966. The molecule has 1 N–H and O–H groups in total. The van der Waals surface area contributed by atoms with E-state index in [2.05, 4.69) is 0 Å². The Labute approximate surface area is 116 Å². The molecule has 0 heterocycles. The molecule has 106 valence electrons. The standard InChI is InChI=1S/C15H16O5/c1-19-10-3-4-11(15(7-10)20-2)9-5-13(17)12(8-16)14(18)6-9/h3-4,7-9,16H,5-6H2,1-2H3. The number of Topliss-reactive ketones (excluding diaryl/α,β-unsaturated/α-hetero) is 2. The van der Waals surface area contributed by atoms with Crippen molar-refractivity contribution in [1.29, 1.82) is 0 Å². The van der Waals surface area contributed by atoms with Crippen LogP contribution in [0.4, 0.5) is 0 Å². The molecule has 5 heteroatoms. The molecule has 0 aromatic heterocycles. The molecule has 0 bridgehead atoms. The number of ketones is 2. The third kappa shape index (κ3) is 2.52.